The molecule has 1 saturated heterocycles. The molecule has 2 aliphatic heterocycles. The molecule has 0 radical (unpaired) electrons. The molecule has 2 aromatic carbocycles. The zero-order valence-electron chi connectivity index (χ0n) is 22.9. The molecular formula is C29H31Cl2N5O3S2. The number of carbonyl (C=O) groups excluding carboxylic acids is 2. The SMILES string of the molecule is COC(=O)c1cnc(SCc2cc(Cl)c(CN3CSC[C@H]3C(=O)N3CCN(C4CC4)c4ccccc43)cc2Cl)n1C. The number of nitrogens with zero attached hydrogens (tertiary/aromatic N) is 5. The lowest BCUT2D eigenvalue weighted by atomic mass is 10.1. The summed E-state index contributed by atoms with van der Waals surface area (Å²) >= 11 is 16.7. The number of fused-ring (bicyclic) bond motifs is 1. The van der Waals surface area contributed by atoms with E-state index in [2.05, 4.69) is 33.0 Å². The van der Waals surface area contributed by atoms with Crippen LogP contribution in [-0.4, -0.2) is 70.2 Å². The molecule has 0 bridgehead atoms. The summed E-state index contributed by atoms with van der Waals surface area (Å²) in [6.07, 6.45) is 3.97. The minimum absolute atomic E-state index is 0.148. The summed E-state index contributed by atoms with van der Waals surface area (Å²) in [5.41, 5.74) is 4.34. The number of ether oxygens (including phenoxy) is 1. The zero-order valence-corrected chi connectivity index (χ0v) is 26.0. The third-order valence-electron chi connectivity index (χ3n) is 7.84. The quantitative estimate of drug-likeness (QED) is 0.232. The van der Waals surface area contributed by atoms with Crippen LogP contribution in [0.25, 0.3) is 0 Å². The number of hydrogen-bond donors (Lipinski definition) is 0. The van der Waals surface area contributed by atoms with Gasteiger partial charge in [-0.15, -0.1) is 11.8 Å². The molecule has 0 N–H and O–H groups in total. The fraction of sp³-hybridized carbons (Fsp3) is 0.414. The lowest BCUT2D eigenvalue weighted by Crippen LogP contribution is -2.52. The maximum atomic E-state index is 13.9. The van der Waals surface area contributed by atoms with E-state index < -0.39 is 5.97 Å². The number of hydrogen-bond acceptors (Lipinski definition) is 8. The van der Waals surface area contributed by atoms with Crippen molar-refractivity contribution in [1.29, 1.82) is 0 Å². The van der Waals surface area contributed by atoms with E-state index in [4.69, 9.17) is 27.9 Å². The van der Waals surface area contributed by atoms with E-state index in [9.17, 15) is 9.59 Å². The second-order valence-electron chi connectivity index (χ2n) is 10.5. The highest BCUT2D eigenvalue weighted by Gasteiger charge is 2.40. The summed E-state index contributed by atoms with van der Waals surface area (Å²) < 4.78 is 6.51. The van der Waals surface area contributed by atoms with Crippen LogP contribution in [0, 0.1) is 0 Å². The fourth-order valence-electron chi connectivity index (χ4n) is 5.46. The Kier molecular flexibility index (Phi) is 8.47. The first-order valence-corrected chi connectivity index (χ1v) is 16.4. The van der Waals surface area contributed by atoms with Gasteiger partial charge in [0.05, 0.1) is 30.7 Å². The third-order valence-corrected chi connectivity index (χ3v) is 10.7. The first-order chi connectivity index (χ1) is 19.9. The van der Waals surface area contributed by atoms with Crippen molar-refractivity contribution in [2.45, 2.75) is 42.4 Å². The highest BCUT2D eigenvalue weighted by molar-refractivity contribution is 7.99. The van der Waals surface area contributed by atoms with Crippen molar-refractivity contribution in [1.82, 2.24) is 14.5 Å². The molecule has 2 fully saturated rings. The predicted molar refractivity (Wildman–Crippen MR) is 166 cm³/mol. The molecule has 1 aliphatic carbocycles. The van der Waals surface area contributed by atoms with Crippen LogP contribution in [0.2, 0.25) is 10.0 Å². The van der Waals surface area contributed by atoms with Crippen molar-refractivity contribution >= 4 is 70.0 Å². The molecule has 3 heterocycles. The van der Waals surface area contributed by atoms with Crippen molar-refractivity contribution in [2.75, 3.05) is 41.6 Å². The minimum atomic E-state index is -0.432. The van der Waals surface area contributed by atoms with Gasteiger partial charge in [-0.2, -0.15) is 0 Å². The molecule has 41 heavy (non-hydrogen) atoms. The Hall–Kier alpha value is -2.37. The standard InChI is InChI=1S/C29H31Cl2N5O3S2/c1-33-25(28(38)39-2)13-32-29(33)41-15-19-12-21(30)18(11-22(19)31)14-34-17-40-16-26(34)27(37)36-10-9-35(20-7-8-20)23-5-3-4-6-24(23)36/h3-6,11-13,20,26H,7-10,14-17H2,1-2H3/t26-/m0/s1. The van der Waals surface area contributed by atoms with Crippen molar-refractivity contribution < 1.29 is 14.3 Å². The second kappa shape index (κ2) is 12.1. The predicted octanol–water partition coefficient (Wildman–Crippen LogP) is 5.70. The zero-order chi connectivity index (χ0) is 28.7. The van der Waals surface area contributed by atoms with E-state index in [0.717, 1.165) is 35.0 Å². The van der Waals surface area contributed by atoms with E-state index >= 15 is 0 Å². The maximum Gasteiger partial charge on any atom is 0.356 e. The van der Waals surface area contributed by atoms with Gasteiger partial charge in [0.2, 0.25) is 5.91 Å². The molecule has 1 saturated carbocycles. The molecule has 1 amide bonds. The second-order valence-corrected chi connectivity index (χ2v) is 13.2. The summed E-state index contributed by atoms with van der Waals surface area (Å²) in [6, 6.07) is 12.5. The van der Waals surface area contributed by atoms with Gasteiger partial charge in [-0.25, -0.2) is 9.78 Å². The van der Waals surface area contributed by atoms with Gasteiger partial charge < -0.3 is 19.1 Å². The smallest absolute Gasteiger partial charge is 0.356 e. The number of methoxy groups -OCH3 is 1. The summed E-state index contributed by atoms with van der Waals surface area (Å²) in [7, 11) is 3.12. The molecule has 1 atom stereocenters. The molecule has 3 aromatic rings. The topological polar surface area (TPSA) is 70.9 Å². The first-order valence-electron chi connectivity index (χ1n) is 13.5. The molecule has 3 aliphatic rings. The number of carbonyl (C=O) groups is 2. The van der Waals surface area contributed by atoms with E-state index in [1.807, 2.05) is 23.1 Å². The number of anilines is 2. The van der Waals surface area contributed by atoms with Gasteiger partial charge >= 0.3 is 5.97 Å². The van der Waals surface area contributed by atoms with Crippen molar-refractivity contribution in [2.24, 2.45) is 7.05 Å². The number of aromatic nitrogens is 2. The minimum Gasteiger partial charge on any atom is -0.464 e. The highest BCUT2D eigenvalue weighted by Crippen LogP contribution is 2.41. The first kappa shape index (κ1) is 28.7. The Balaban J connectivity index is 1.14. The molecule has 6 rings (SSSR count). The van der Waals surface area contributed by atoms with Crippen LogP contribution in [0.5, 0.6) is 0 Å². The number of rotatable bonds is 8. The van der Waals surface area contributed by atoms with Crippen LogP contribution in [-0.2, 0) is 28.9 Å². The monoisotopic (exact) mass is 631 g/mol. The molecule has 0 unspecified atom stereocenters. The molecule has 1 aromatic heterocycles. The van der Waals surface area contributed by atoms with Crippen LogP contribution in [0.15, 0.2) is 47.8 Å². The van der Waals surface area contributed by atoms with Gasteiger partial charge in [-0.3, -0.25) is 9.69 Å². The highest BCUT2D eigenvalue weighted by atomic mass is 35.5. The summed E-state index contributed by atoms with van der Waals surface area (Å²) in [6.45, 7) is 2.12. The fourth-order valence-corrected chi connectivity index (χ4v) is 8.17. The Morgan fingerprint density at radius 3 is 2.59 bits per heavy atom. The Morgan fingerprint density at radius 1 is 1.10 bits per heavy atom. The number of benzene rings is 2. The summed E-state index contributed by atoms with van der Waals surface area (Å²) in [5.74, 6) is 1.76. The number of halogens is 2. The van der Waals surface area contributed by atoms with Gasteiger partial charge in [0.25, 0.3) is 0 Å². The summed E-state index contributed by atoms with van der Waals surface area (Å²) in [5, 5.41) is 1.90. The van der Waals surface area contributed by atoms with Crippen LogP contribution < -0.4 is 9.80 Å². The van der Waals surface area contributed by atoms with E-state index in [1.165, 1.54) is 43.6 Å². The van der Waals surface area contributed by atoms with Crippen LogP contribution in [0.1, 0.15) is 34.5 Å². The maximum absolute atomic E-state index is 13.9. The number of thioether (sulfide) groups is 2. The Labute approximate surface area is 258 Å². The Bertz CT molecular complexity index is 1480. The molecule has 12 heteroatoms. The third kappa shape index (κ3) is 5.82. The van der Waals surface area contributed by atoms with Crippen molar-refractivity contribution in [3.63, 3.8) is 0 Å². The van der Waals surface area contributed by atoms with E-state index in [0.29, 0.717) is 45.8 Å². The van der Waals surface area contributed by atoms with Gasteiger partial charge in [0, 0.05) is 60.2 Å². The average Bonchev–Trinajstić information content (AvgIpc) is 3.61. The molecule has 8 nitrogen and oxygen atoms in total. The summed E-state index contributed by atoms with van der Waals surface area (Å²) in [4.78, 5) is 36.8. The normalized spacial score (nSPS) is 19.0. The number of imidazole rings is 1. The largest absolute Gasteiger partial charge is 0.464 e. The molecular weight excluding hydrogens is 601 g/mol. The van der Waals surface area contributed by atoms with Crippen molar-refractivity contribution in [3.8, 4) is 0 Å². The van der Waals surface area contributed by atoms with Crippen LogP contribution >= 0.6 is 46.7 Å². The van der Waals surface area contributed by atoms with Gasteiger partial charge in [-0.05, 0) is 48.2 Å². The lowest BCUT2D eigenvalue weighted by Gasteiger charge is -2.39. The average molecular weight is 633 g/mol. The number of para-hydroxylation sites is 2. The van der Waals surface area contributed by atoms with E-state index in [-0.39, 0.29) is 11.9 Å². The van der Waals surface area contributed by atoms with Crippen molar-refractivity contribution in [3.05, 3.63) is 69.5 Å². The van der Waals surface area contributed by atoms with Crippen LogP contribution in [0.3, 0.4) is 0 Å². The lowest BCUT2D eigenvalue weighted by molar-refractivity contribution is -0.122. The van der Waals surface area contributed by atoms with Gasteiger partial charge in [-0.1, -0.05) is 47.1 Å². The van der Waals surface area contributed by atoms with Gasteiger partial charge in [0.1, 0.15) is 5.69 Å². The van der Waals surface area contributed by atoms with Gasteiger partial charge in [0.15, 0.2) is 5.16 Å². The van der Waals surface area contributed by atoms with Crippen LogP contribution in [0.4, 0.5) is 11.4 Å². The number of amides is 1. The van der Waals surface area contributed by atoms with E-state index in [1.54, 1.807) is 23.4 Å². The molecule has 0 spiro atoms. The Morgan fingerprint density at radius 2 is 1.83 bits per heavy atom. The molecule has 216 valence electrons. The number of esters is 1.